The first-order valence-electron chi connectivity index (χ1n) is 6.59. The van der Waals surface area contributed by atoms with Crippen LogP contribution in [0.25, 0.3) is 0 Å². The molecule has 2 aromatic rings. The van der Waals surface area contributed by atoms with Crippen molar-refractivity contribution in [2.24, 2.45) is 0 Å². The summed E-state index contributed by atoms with van der Waals surface area (Å²) in [5.41, 5.74) is 1.32. The molecule has 0 aliphatic carbocycles. The second kappa shape index (κ2) is 5.94. The van der Waals surface area contributed by atoms with Gasteiger partial charge in [-0.05, 0) is 31.0 Å². The normalized spacial score (nSPS) is 10.8. The van der Waals surface area contributed by atoms with Crippen LogP contribution >= 0.6 is 0 Å². The summed E-state index contributed by atoms with van der Waals surface area (Å²) in [6, 6.07) is 5.57. The van der Waals surface area contributed by atoms with Gasteiger partial charge in [-0.15, -0.1) is 0 Å². The van der Waals surface area contributed by atoms with Crippen LogP contribution in [-0.4, -0.2) is 15.6 Å². The lowest BCUT2D eigenvalue weighted by Gasteiger charge is -2.05. The lowest BCUT2D eigenvalue weighted by Crippen LogP contribution is -2.12. The summed E-state index contributed by atoms with van der Waals surface area (Å²) in [7, 11) is 0. The fraction of sp³-hybridized carbons (Fsp3) is 0.333. The zero-order chi connectivity index (χ0) is 14.7. The summed E-state index contributed by atoms with van der Waals surface area (Å²) in [5.74, 6) is -2.16. The van der Waals surface area contributed by atoms with Crippen LogP contribution in [0.2, 0.25) is 0 Å². The number of ketones is 1. The maximum absolute atomic E-state index is 13.6. The molecule has 5 heteroatoms. The number of halogens is 2. The van der Waals surface area contributed by atoms with E-state index >= 15 is 0 Å². The highest BCUT2D eigenvalue weighted by molar-refractivity contribution is 5.96. The first-order valence-corrected chi connectivity index (χ1v) is 6.59. The van der Waals surface area contributed by atoms with Gasteiger partial charge in [0.25, 0.3) is 0 Å². The van der Waals surface area contributed by atoms with Gasteiger partial charge in [0.2, 0.25) is 0 Å². The largest absolute Gasteiger partial charge is 0.292 e. The molecule has 0 aliphatic rings. The molecule has 0 fully saturated rings. The first kappa shape index (κ1) is 14.4. The molecular formula is C15H16F2N2O. The van der Waals surface area contributed by atoms with Gasteiger partial charge in [-0.25, -0.2) is 8.78 Å². The van der Waals surface area contributed by atoms with Crippen molar-refractivity contribution in [3.63, 3.8) is 0 Å². The van der Waals surface area contributed by atoms with Crippen LogP contribution in [0, 0.1) is 11.6 Å². The molecule has 106 valence electrons. The van der Waals surface area contributed by atoms with Gasteiger partial charge in [0.1, 0.15) is 5.69 Å². The fourth-order valence-electron chi connectivity index (χ4n) is 2.06. The minimum Gasteiger partial charge on any atom is -0.292 e. The van der Waals surface area contributed by atoms with Crippen LogP contribution < -0.4 is 0 Å². The minimum absolute atomic E-state index is 0.0666. The highest BCUT2D eigenvalue weighted by Gasteiger charge is 2.17. The Morgan fingerprint density at radius 1 is 1.30 bits per heavy atom. The Morgan fingerprint density at radius 2 is 2.05 bits per heavy atom. The van der Waals surface area contributed by atoms with E-state index in [0.717, 1.165) is 18.2 Å². The van der Waals surface area contributed by atoms with Crippen molar-refractivity contribution in [2.45, 2.75) is 33.2 Å². The maximum atomic E-state index is 13.6. The van der Waals surface area contributed by atoms with Gasteiger partial charge in [0.15, 0.2) is 17.4 Å². The molecule has 1 aromatic carbocycles. The molecule has 2 rings (SSSR count). The van der Waals surface area contributed by atoms with Crippen LogP contribution in [0.3, 0.4) is 0 Å². The second-order valence-corrected chi connectivity index (χ2v) is 4.50. The summed E-state index contributed by atoms with van der Waals surface area (Å²) in [6.07, 6.45) is 0.556. The van der Waals surface area contributed by atoms with Crippen molar-refractivity contribution in [3.8, 4) is 0 Å². The molecule has 1 aromatic heterocycles. The Morgan fingerprint density at radius 3 is 2.70 bits per heavy atom. The molecule has 0 atom stereocenters. The first-order chi connectivity index (χ1) is 9.56. The molecule has 0 radical (unpaired) electrons. The number of aromatic nitrogens is 2. The lowest BCUT2D eigenvalue weighted by molar-refractivity contribution is 0.0981. The van der Waals surface area contributed by atoms with E-state index < -0.39 is 11.6 Å². The van der Waals surface area contributed by atoms with Crippen molar-refractivity contribution in [1.29, 1.82) is 0 Å². The van der Waals surface area contributed by atoms with E-state index in [1.54, 1.807) is 10.7 Å². The van der Waals surface area contributed by atoms with Crippen LogP contribution in [0.1, 0.15) is 35.6 Å². The number of rotatable bonds is 5. The van der Waals surface area contributed by atoms with E-state index in [9.17, 15) is 13.6 Å². The summed E-state index contributed by atoms with van der Waals surface area (Å²) in [4.78, 5) is 12.2. The number of benzene rings is 1. The Hall–Kier alpha value is -2.04. The Bertz CT molecular complexity index is 635. The summed E-state index contributed by atoms with van der Waals surface area (Å²) in [6.45, 7) is 4.39. The van der Waals surface area contributed by atoms with Crippen LogP contribution in [0.4, 0.5) is 8.78 Å². The van der Waals surface area contributed by atoms with Gasteiger partial charge in [0.05, 0.1) is 5.69 Å². The van der Waals surface area contributed by atoms with Gasteiger partial charge < -0.3 is 0 Å². The predicted molar refractivity (Wildman–Crippen MR) is 71.7 cm³/mol. The number of nitrogens with zero attached hydrogens (tertiary/aromatic N) is 2. The zero-order valence-corrected chi connectivity index (χ0v) is 11.5. The zero-order valence-electron chi connectivity index (χ0n) is 11.5. The third-order valence-corrected chi connectivity index (χ3v) is 3.16. The van der Waals surface area contributed by atoms with E-state index in [1.165, 1.54) is 12.1 Å². The Balaban J connectivity index is 2.28. The molecular weight excluding hydrogens is 262 g/mol. The van der Waals surface area contributed by atoms with E-state index in [1.807, 2.05) is 13.8 Å². The number of aryl methyl sites for hydroxylation is 2. The molecule has 0 N–H and O–H groups in total. The van der Waals surface area contributed by atoms with Gasteiger partial charge >= 0.3 is 0 Å². The van der Waals surface area contributed by atoms with Crippen LogP contribution in [0.5, 0.6) is 0 Å². The highest BCUT2D eigenvalue weighted by Crippen LogP contribution is 2.15. The van der Waals surface area contributed by atoms with Gasteiger partial charge in [0, 0.05) is 13.0 Å². The molecule has 0 bridgehead atoms. The smallest absolute Gasteiger partial charge is 0.185 e. The van der Waals surface area contributed by atoms with Crippen molar-refractivity contribution in [2.75, 3.05) is 0 Å². The number of carbonyl (C=O) groups excluding carboxylic acids is 1. The van der Waals surface area contributed by atoms with Crippen molar-refractivity contribution in [3.05, 3.63) is 52.9 Å². The number of Topliss-reactive ketones (excluding diaryl/α,β-unsaturated/α-hetero) is 1. The minimum atomic E-state index is -0.959. The monoisotopic (exact) mass is 278 g/mol. The molecule has 3 nitrogen and oxygen atoms in total. The predicted octanol–water partition coefficient (Wildman–Crippen LogP) is 3.17. The third kappa shape index (κ3) is 2.76. The van der Waals surface area contributed by atoms with Gasteiger partial charge in [-0.2, -0.15) is 5.10 Å². The van der Waals surface area contributed by atoms with Crippen molar-refractivity contribution >= 4 is 5.78 Å². The van der Waals surface area contributed by atoms with Crippen molar-refractivity contribution < 1.29 is 13.6 Å². The topological polar surface area (TPSA) is 34.9 Å². The van der Waals surface area contributed by atoms with Gasteiger partial charge in [-0.3, -0.25) is 9.48 Å². The highest BCUT2D eigenvalue weighted by atomic mass is 19.2. The molecule has 0 saturated carbocycles. The average Bonchev–Trinajstić information content (AvgIpc) is 2.87. The van der Waals surface area contributed by atoms with Gasteiger partial charge in [-0.1, -0.05) is 19.1 Å². The van der Waals surface area contributed by atoms with Crippen LogP contribution in [-0.2, 0) is 19.4 Å². The van der Waals surface area contributed by atoms with Crippen LogP contribution in [0.15, 0.2) is 24.3 Å². The number of hydrogen-bond donors (Lipinski definition) is 0. The van der Waals surface area contributed by atoms with E-state index in [0.29, 0.717) is 12.2 Å². The molecule has 0 unspecified atom stereocenters. The molecule has 0 spiro atoms. The quantitative estimate of drug-likeness (QED) is 0.787. The summed E-state index contributed by atoms with van der Waals surface area (Å²) >= 11 is 0. The SMILES string of the molecule is CCc1cc(C(=O)Cc2cccc(F)c2F)n(CC)n1. The number of carbonyl (C=O) groups is 1. The van der Waals surface area contributed by atoms with E-state index in [-0.39, 0.29) is 17.8 Å². The van der Waals surface area contributed by atoms with E-state index in [2.05, 4.69) is 5.10 Å². The lowest BCUT2D eigenvalue weighted by atomic mass is 10.1. The standard InChI is InChI=1S/C15H16F2N2O/c1-3-11-9-13(19(4-2)18-11)14(20)8-10-6-5-7-12(16)15(10)17/h5-7,9H,3-4,8H2,1-2H3. The molecule has 0 saturated heterocycles. The molecule has 0 aliphatic heterocycles. The van der Waals surface area contributed by atoms with Crippen molar-refractivity contribution in [1.82, 2.24) is 9.78 Å². The summed E-state index contributed by atoms with van der Waals surface area (Å²) in [5, 5.41) is 4.28. The third-order valence-electron chi connectivity index (χ3n) is 3.16. The fourth-order valence-corrected chi connectivity index (χ4v) is 2.06. The Labute approximate surface area is 116 Å². The Kier molecular flexibility index (Phi) is 4.27. The second-order valence-electron chi connectivity index (χ2n) is 4.50. The van der Waals surface area contributed by atoms with E-state index in [4.69, 9.17) is 0 Å². The summed E-state index contributed by atoms with van der Waals surface area (Å²) < 4.78 is 28.3. The molecule has 1 heterocycles. The number of hydrogen-bond acceptors (Lipinski definition) is 2. The maximum Gasteiger partial charge on any atom is 0.185 e. The molecule has 20 heavy (non-hydrogen) atoms. The molecule has 0 amide bonds. The average molecular weight is 278 g/mol.